The van der Waals surface area contributed by atoms with Crippen LogP contribution in [0.25, 0.3) is 0 Å². The molecule has 0 saturated carbocycles. The van der Waals surface area contributed by atoms with Crippen molar-refractivity contribution in [1.29, 1.82) is 0 Å². The van der Waals surface area contributed by atoms with Crippen LogP contribution in [0.4, 0.5) is 0 Å². The molecule has 12 heavy (non-hydrogen) atoms. The fraction of sp³-hybridized carbons (Fsp3) is 1.00. The van der Waals surface area contributed by atoms with E-state index in [1.54, 1.807) is 0 Å². The van der Waals surface area contributed by atoms with E-state index in [2.05, 4.69) is 20.8 Å². The van der Waals surface area contributed by atoms with Crippen LogP contribution in [0.15, 0.2) is 0 Å². The molecule has 0 aliphatic heterocycles. The third-order valence-corrected chi connectivity index (χ3v) is 3.26. The summed E-state index contributed by atoms with van der Waals surface area (Å²) in [5.41, 5.74) is 5.52. The van der Waals surface area contributed by atoms with E-state index in [9.17, 15) is 0 Å². The van der Waals surface area contributed by atoms with Gasteiger partial charge in [-0.3, -0.25) is 0 Å². The van der Waals surface area contributed by atoms with Crippen molar-refractivity contribution in [2.24, 2.45) is 17.6 Å². The van der Waals surface area contributed by atoms with Gasteiger partial charge < -0.3 is 5.73 Å². The minimum Gasteiger partial charge on any atom is -0.330 e. The lowest BCUT2D eigenvalue weighted by Gasteiger charge is -2.08. The number of thioether (sulfide) groups is 1. The maximum Gasteiger partial charge on any atom is -0.00297 e. The molecule has 1 nitrogen and oxygen atoms in total. The lowest BCUT2D eigenvalue weighted by molar-refractivity contribution is 0.578. The maximum absolute atomic E-state index is 5.52. The molecule has 0 fully saturated rings. The first kappa shape index (κ1) is 12.3. The van der Waals surface area contributed by atoms with Crippen LogP contribution in [0.1, 0.15) is 33.6 Å². The number of nitrogens with two attached hydrogens (primary N) is 1. The Morgan fingerprint density at radius 2 is 1.92 bits per heavy atom. The van der Waals surface area contributed by atoms with Gasteiger partial charge in [-0.25, -0.2) is 0 Å². The number of hydrogen-bond donors (Lipinski definition) is 1. The molecule has 2 heteroatoms. The third-order valence-electron chi connectivity index (χ3n) is 1.87. The first-order chi connectivity index (χ1) is 5.66. The van der Waals surface area contributed by atoms with Crippen molar-refractivity contribution < 1.29 is 0 Å². The standard InChI is InChI=1S/C10H23NS/c1-9(2)5-4-6-12-8-10(3)7-11/h9-10H,4-8,11H2,1-3H3. The van der Waals surface area contributed by atoms with Gasteiger partial charge in [-0.05, 0) is 36.3 Å². The molecule has 0 rings (SSSR count). The molecular formula is C10H23NS. The van der Waals surface area contributed by atoms with Gasteiger partial charge in [-0.15, -0.1) is 0 Å². The zero-order valence-electron chi connectivity index (χ0n) is 8.68. The SMILES string of the molecule is CC(C)CCCSCC(C)CN. The zero-order valence-corrected chi connectivity index (χ0v) is 9.49. The molecule has 0 aliphatic rings. The quantitative estimate of drug-likeness (QED) is 0.623. The van der Waals surface area contributed by atoms with Crippen molar-refractivity contribution in [3.05, 3.63) is 0 Å². The Bertz CT molecular complexity index is 93.8. The van der Waals surface area contributed by atoms with Gasteiger partial charge in [-0.2, -0.15) is 11.8 Å². The minimum atomic E-state index is 0.689. The summed E-state index contributed by atoms with van der Waals surface area (Å²) < 4.78 is 0. The van der Waals surface area contributed by atoms with E-state index in [-0.39, 0.29) is 0 Å². The van der Waals surface area contributed by atoms with Crippen LogP contribution >= 0.6 is 11.8 Å². The highest BCUT2D eigenvalue weighted by Crippen LogP contribution is 2.12. The van der Waals surface area contributed by atoms with Gasteiger partial charge in [0.15, 0.2) is 0 Å². The topological polar surface area (TPSA) is 26.0 Å². The predicted octanol–water partition coefficient (Wildman–Crippen LogP) is 2.75. The van der Waals surface area contributed by atoms with Gasteiger partial charge in [0.05, 0.1) is 0 Å². The van der Waals surface area contributed by atoms with E-state index in [4.69, 9.17) is 5.73 Å². The van der Waals surface area contributed by atoms with Gasteiger partial charge in [-0.1, -0.05) is 27.2 Å². The smallest absolute Gasteiger partial charge is 0.00297 e. The van der Waals surface area contributed by atoms with Crippen LogP contribution in [0, 0.1) is 11.8 Å². The molecule has 0 aliphatic carbocycles. The number of hydrogen-bond acceptors (Lipinski definition) is 2. The monoisotopic (exact) mass is 189 g/mol. The minimum absolute atomic E-state index is 0.689. The summed E-state index contributed by atoms with van der Waals surface area (Å²) in [6.07, 6.45) is 2.73. The van der Waals surface area contributed by atoms with Gasteiger partial charge in [0, 0.05) is 0 Å². The Morgan fingerprint density at radius 1 is 1.25 bits per heavy atom. The second-order valence-corrected chi connectivity index (χ2v) is 5.10. The molecule has 0 aromatic rings. The lowest BCUT2D eigenvalue weighted by Crippen LogP contribution is -2.12. The van der Waals surface area contributed by atoms with E-state index < -0.39 is 0 Å². The number of rotatable bonds is 7. The molecule has 0 saturated heterocycles. The highest BCUT2D eigenvalue weighted by atomic mass is 32.2. The van der Waals surface area contributed by atoms with Gasteiger partial charge in [0.25, 0.3) is 0 Å². The Morgan fingerprint density at radius 3 is 2.42 bits per heavy atom. The fourth-order valence-corrected chi connectivity index (χ4v) is 2.02. The first-order valence-corrected chi connectivity index (χ1v) is 6.10. The highest BCUT2D eigenvalue weighted by molar-refractivity contribution is 7.99. The van der Waals surface area contributed by atoms with Gasteiger partial charge in [0.2, 0.25) is 0 Å². The average Bonchev–Trinajstić information content (AvgIpc) is 2.03. The van der Waals surface area contributed by atoms with E-state index in [1.165, 1.54) is 24.3 Å². The fourth-order valence-electron chi connectivity index (χ4n) is 0.946. The molecule has 0 aromatic heterocycles. The third kappa shape index (κ3) is 8.41. The van der Waals surface area contributed by atoms with Crippen molar-refractivity contribution in [3.8, 4) is 0 Å². The Hall–Kier alpha value is 0.310. The van der Waals surface area contributed by atoms with Crippen molar-refractivity contribution in [2.45, 2.75) is 33.6 Å². The molecule has 0 spiro atoms. The molecule has 2 N–H and O–H groups in total. The molecule has 1 atom stereocenters. The molecule has 0 radical (unpaired) electrons. The molecule has 74 valence electrons. The normalized spacial score (nSPS) is 13.8. The Balaban J connectivity index is 3.00. The van der Waals surface area contributed by atoms with Crippen molar-refractivity contribution in [1.82, 2.24) is 0 Å². The van der Waals surface area contributed by atoms with Crippen LogP contribution in [-0.4, -0.2) is 18.1 Å². The summed E-state index contributed by atoms with van der Waals surface area (Å²) in [5.74, 6) is 4.09. The van der Waals surface area contributed by atoms with Crippen molar-refractivity contribution >= 4 is 11.8 Å². The van der Waals surface area contributed by atoms with Crippen molar-refractivity contribution in [3.63, 3.8) is 0 Å². The summed E-state index contributed by atoms with van der Waals surface area (Å²) in [5, 5.41) is 0. The summed E-state index contributed by atoms with van der Waals surface area (Å²) in [6, 6.07) is 0. The maximum atomic E-state index is 5.52. The van der Waals surface area contributed by atoms with Crippen LogP contribution in [0.5, 0.6) is 0 Å². The average molecular weight is 189 g/mol. The summed E-state index contributed by atoms with van der Waals surface area (Å²) >= 11 is 2.05. The van der Waals surface area contributed by atoms with Crippen molar-refractivity contribution in [2.75, 3.05) is 18.1 Å². The molecule has 0 aromatic carbocycles. The van der Waals surface area contributed by atoms with Crippen LogP contribution in [-0.2, 0) is 0 Å². The van der Waals surface area contributed by atoms with E-state index in [0.717, 1.165) is 12.5 Å². The largest absolute Gasteiger partial charge is 0.330 e. The zero-order chi connectivity index (χ0) is 9.40. The molecule has 0 amide bonds. The second-order valence-electron chi connectivity index (χ2n) is 3.95. The highest BCUT2D eigenvalue weighted by Gasteiger charge is 1.99. The Labute approximate surface area is 81.5 Å². The van der Waals surface area contributed by atoms with E-state index in [0.29, 0.717) is 5.92 Å². The molecule has 0 heterocycles. The first-order valence-electron chi connectivity index (χ1n) is 4.94. The molecule has 1 unspecified atom stereocenters. The Kier molecular flexibility index (Phi) is 8.14. The summed E-state index contributed by atoms with van der Waals surface area (Å²) in [6.45, 7) is 7.62. The van der Waals surface area contributed by atoms with E-state index in [1.807, 2.05) is 11.8 Å². The summed E-state index contributed by atoms with van der Waals surface area (Å²) in [4.78, 5) is 0. The molecule has 0 bridgehead atoms. The molecular weight excluding hydrogens is 166 g/mol. The van der Waals surface area contributed by atoms with Crippen LogP contribution in [0.3, 0.4) is 0 Å². The second kappa shape index (κ2) is 7.93. The van der Waals surface area contributed by atoms with Gasteiger partial charge >= 0.3 is 0 Å². The van der Waals surface area contributed by atoms with Crippen LogP contribution in [0.2, 0.25) is 0 Å². The van der Waals surface area contributed by atoms with E-state index >= 15 is 0 Å². The lowest BCUT2D eigenvalue weighted by atomic mass is 10.1. The van der Waals surface area contributed by atoms with Crippen LogP contribution < -0.4 is 5.73 Å². The summed E-state index contributed by atoms with van der Waals surface area (Å²) in [7, 11) is 0. The van der Waals surface area contributed by atoms with Gasteiger partial charge in [0.1, 0.15) is 0 Å². The predicted molar refractivity (Wildman–Crippen MR) is 59.6 cm³/mol.